The van der Waals surface area contributed by atoms with Crippen molar-refractivity contribution in [2.75, 3.05) is 5.75 Å². The lowest BCUT2D eigenvalue weighted by Gasteiger charge is -2.34. The molecule has 0 radical (unpaired) electrons. The Labute approximate surface area is 154 Å². The molecule has 0 saturated carbocycles. The summed E-state index contributed by atoms with van der Waals surface area (Å²) < 4.78 is 36.7. The van der Waals surface area contributed by atoms with Crippen LogP contribution in [-0.4, -0.2) is 43.1 Å². The second kappa shape index (κ2) is 9.80. The summed E-state index contributed by atoms with van der Waals surface area (Å²) in [5.74, 6) is -0.779. The molecule has 2 atom stereocenters. The van der Waals surface area contributed by atoms with Crippen molar-refractivity contribution in [1.29, 1.82) is 0 Å². The summed E-state index contributed by atoms with van der Waals surface area (Å²) in [4.78, 5) is 22.9. The third-order valence-corrected chi connectivity index (χ3v) is 4.82. The van der Waals surface area contributed by atoms with Gasteiger partial charge in [-0.15, -0.1) is 0 Å². The first-order valence-corrected chi connectivity index (χ1v) is 9.97. The fraction of sp³-hybridized carbons (Fsp3) is 0.556. The second-order valence-electron chi connectivity index (χ2n) is 7.02. The molecule has 0 heterocycles. The lowest BCUT2D eigenvalue weighted by Crippen LogP contribution is -2.43. The number of nitrogens with one attached hydrogen (secondary N) is 1. The highest BCUT2D eigenvalue weighted by molar-refractivity contribution is 7.85. The molecule has 0 saturated heterocycles. The van der Waals surface area contributed by atoms with Crippen molar-refractivity contribution >= 4 is 22.3 Å². The Bertz CT molecular complexity index is 687. The standard InChI is InChI=1S/C18H27NO6S/c1-14(21)19-16(9-10-26(22,23)24)11-18(2,3)17(12-20)25-13-15-7-5-4-6-8-15/h4-8,12,16-17H,9-11,13H2,1-3H3,(H,19,21)(H,22,23,24)/t16?,17-/m1/s1. The fourth-order valence-corrected chi connectivity index (χ4v) is 3.35. The third-order valence-electron chi connectivity index (χ3n) is 4.07. The smallest absolute Gasteiger partial charge is 0.264 e. The van der Waals surface area contributed by atoms with Crippen molar-refractivity contribution in [3.05, 3.63) is 35.9 Å². The van der Waals surface area contributed by atoms with Crippen molar-refractivity contribution < 1.29 is 27.3 Å². The van der Waals surface area contributed by atoms with E-state index in [-0.39, 0.29) is 18.9 Å². The first-order chi connectivity index (χ1) is 12.0. The first kappa shape index (κ1) is 22.3. The number of carbonyl (C=O) groups excluding carboxylic acids is 2. The molecule has 1 aromatic carbocycles. The normalized spacial score (nSPS) is 14.5. The number of rotatable bonds is 11. The van der Waals surface area contributed by atoms with Crippen LogP contribution in [0.25, 0.3) is 0 Å². The molecule has 0 fully saturated rings. The molecule has 0 aliphatic rings. The number of aldehydes is 1. The van der Waals surface area contributed by atoms with Gasteiger partial charge in [-0.05, 0) is 23.8 Å². The molecule has 8 heteroatoms. The van der Waals surface area contributed by atoms with E-state index in [0.29, 0.717) is 6.42 Å². The van der Waals surface area contributed by atoms with Crippen LogP contribution >= 0.6 is 0 Å². The fourth-order valence-electron chi connectivity index (χ4n) is 2.76. The number of hydrogen-bond donors (Lipinski definition) is 2. The second-order valence-corrected chi connectivity index (χ2v) is 8.59. The van der Waals surface area contributed by atoms with Crippen LogP contribution in [-0.2, 0) is 31.1 Å². The molecule has 0 aromatic heterocycles. The monoisotopic (exact) mass is 385 g/mol. The third kappa shape index (κ3) is 8.55. The van der Waals surface area contributed by atoms with Crippen molar-refractivity contribution in [3.8, 4) is 0 Å². The van der Waals surface area contributed by atoms with Crippen molar-refractivity contribution in [2.24, 2.45) is 5.41 Å². The lowest BCUT2D eigenvalue weighted by atomic mass is 9.80. The SMILES string of the molecule is CC(=O)NC(CCS(=O)(=O)O)CC(C)(C)[C@@H](C=O)OCc1ccccc1. The molecule has 7 nitrogen and oxygen atoms in total. The highest BCUT2D eigenvalue weighted by Gasteiger charge is 2.33. The summed E-state index contributed by atoms with van der Waals surface area (Å²) in [6.07, 6.45) is 0.355. The van der Waals surface area contributed by atoms with Gasteiger partial charge >= 0.3 is 0 Å². The minimum atomic E-state index is -4.13. The van der Waals surface area contributed by atoms with Gasteiger partial charge in [0.1, 0.15) is 12.4 Å². The molecular weight excluding hydrogens is 358 g/mol. The van der Waals surface area contributed by atoms with Gasteiger partial charge in [-0.3, -0.25) is 9.35 Å². The summed E-state index contributed by atoms with van der Waals surface area (Å²) in [6, 6.07) is 8.91. The predicted octanol–water partition coefficient (Wildman–Crippen LogP) is 1.97. The van der Waals surface area contributed by atoms with Crippen LogP contribution in [0.4, 0.5) is 0 Å². The van der Waals surface area contributed by atoms with Crippen LogP contribution in [0.15, 0.2) is 30.3 Å². The van der Waals surface area contributed by atoms with Gasteiger partial charge in [0.2, 0.25) is 5.91 Å². The summed E-state index contributed by atoms with van der Waals surface area (Å²) in [6.45, 7) is 5.23. The molecule has 1 aromatic rings. The van der Waals surface area contributed by atoms with E-state index in [1.54, 1.807) is 0 Å². The number of amides is 1. The zero-order valence-electron chi connectivity index (χ0n) is 15.3. The van der Waals surface area contributed by atoms with E-state index in [1.165, 1.54) is 6.92 Å². The molecule has 0 aliphatic heterocycles. The Morgan fingerprint density at radius 1 is 1.31 bits per heavy atom. The van der Waals surface area contributed by atoms with Gasteiger partial charge in [-0.1, -0.05) is 44.2 Å². The van der Waals surface area contributed by atoms with Crippen LogP contribution in [0, 0.1) is 5.41 Å². The quantitative estimate of drug-likeness (QED) is 0.445. The molecule has 0 bridgehead atoms. The van der Waals surface area contributed by atoms with Crippen molar-refractivity contribution in [3.63, 3.8) is 0 Å². The molecule has 1 rings (SSSR count). The Morgan fingerprint density at radius 2 is 1.92 bits per heavy atom. The molecule has 2 N–H and O–H groups in total. The van der Waals surface area contributed by atoms with Crippen molar-refractivity contribution in [1.82, 2.24) is 5.32 Å². The first-order valence-electron chi connectivity index (χ1n) is 8.36. The van der Waals surface area contributed by atoms with E-state index >= 15 is 0 Å². The van der Waals surface area contributed by atoms with E-state index in [4.69, 9.17) is 9.29 Å². The maximum Gasteiger partial charge on any atom is 0.264 e. The van der Waals surface area contributed by atoms with Gasteiger partial charge in [0.05, 0.1) is 12.4 Å². The van der Waals surface area contributed by atoms with Gasteiger partial charge in [0, 0.05) is 13.0 Å². The summed E-state index contributed by atoms with van der Waals surface area (Å²) >= 11 is 0. The summed E-state index contributed by atoms with van der Waals surface area (Å²) in [7, 11) is -4.13. The van der Waals surface area contributed by atoms with Crippen molar-refractivity contribution in [2.45, 2.75) is 52.4 Å². The molecular formula is C18H27NO6S. The minimum Gasteiger partial charge on any atom is -0.366 e. The molecule has 0 spiro atoms. The van der Waals surface area contributed by atoms with E-state index in [0.717, 1.165) is 11.8 Å². The summed E-state index contributed by atoms with van der Waals surface area (Å²) in [5.41, 5.74) is 0.281. The van der Waals surface area contributed by atoms with E-state index in [9.17, 15) is 18.0 Å². The largest absolute Gasteiger partial charge is 0.366 e. The maximum atomic E-state index is 11.5. The van der Waals surface area contributed by atoms with E-state index < -0.39 is 33.4 Å². The van der Waals surface area contributed by atoms with Crippen LogP contribution in [0.2, 0.25) is 0 Å². The Hall–Kier alpha value is -1.77. The van der Waals surface area contributed by atoms with Gasteiger partial charge < -0.3 is 14.8 Å². The van der Waals surface area contributed by atoms with E-state index in [2.05, 4.69) is 5.32 Å². The molecule has 26 heavy (non-hydrogen) atoms. The zero-order valence-corrected chi connectivity index (χ0v) is 16.2. The molecule has 0 aliphatic carbocycles. The van der Waals surface area contributed by atoms with Gasteiger partial charge in [0.15, 0.2) is 0 Å². The Balaban J connectivity index is 2.77. The number of benzene rings is 1. The number of hydrogen-bond acceptors (Lipinski definition) is 5. The van der Waals surface area contributed by atoms with Gasteiger partial charge in [-0.25, -0.2) is 0 Å². The van der Waals surface area contributed by atoms with Gasteiger partial charge in [0.25, 0.3) is 10.1 Å². The average molecular weight is 385 g/mol. The van der Waals surface area contributed by atoms with Crippen LogP contribution < -0.4 is 5.32 Å². The van der Waals surface area contributed by atoms with Gasteiger partial charge in [-0.2, -0.15) is 8.42 Å². The Kier molecular flexibility index (Phi) is 8.39. The maximum absolute atomic E-state index is 11.5. The molecule has 146 valence electrons. The topological polar surface area (TPSA) is 110 Å². The van der Waals surface area contributed by atoms with Crippen LogP contribution in [0.5, 0.6) is 0 Å². The van der Waals surface area contributed by atoms with E-state index in [1.807, 2.05) is 44.2 Å². The van der Waals surface area contributed by atoms with Crippen LogP contribution in [0.3, 0.4) is 0 Å². The number of ether oxygens (including phenoxy) is 1. The Morgan fingerprint density at radius 3 is 2.42 bits per heavy atom. The average Bonchev–Trinajstić information content (AvgIpc) is 2.52. The highest BCUT2D eigenvalue weighted by Crippen LogP contribution is 2.30. The molecule has 1 unspecified atom stereocenters. The highest BCUT2D eigenvalue weighted by atomic mass is 32.2. The number of carbonyl (C=O) groups is 2. The predicted molar refractivity (Wildman–Crippen MR) is 98.1 cm³/mol. The van der Waals surface area contributed by atoms with Crippen LogP contribution in [0.1, 0.15) is 39.2 Å². The summed E-state index contributed by atoms with van der Waals surface area (Å²) in [5, 5.41) is 2.68. The minimum absolute atomic E-state index is 0.0477. The lowest BCUT2D eigenvalue weighted by molar-refractivity contribution is -0.128. The molecule has 1 amide bonds. The zero-order chi connectivity index (χ0) is 19.8.